The van der Waals surface area contributed by atoms with Gasteiger partial charge in [0.1, 0.15) is 5.82 Å². The van der Waals surface area contributed by atoms with E-state index in [0.717, 1.165) is 63.0 Å². The Balaban J connectivity index is 1.46. The van der Waals surface area contributed by atoms with Crippen molar-refractivity contribution < 1.29 is 0 Å². The molecule has 0 aliphatic carbocycles. The van der Waals surface area contributed by atoms with Crippen LogP contribution in [-0.2, 0) is 6.54 Å². The highest BCUT2D eigenvalue weighted by Gasteiger charge is 2.23. The molecule has 1 aromatic heterocycles. The number of rotatable bonds is 3. The third-order valence-corrected chi connectivity index (χ3v) is 6.32. The second-order valence-electron chi connectivity index (χ2n) is 8.52. The second kappa shape index (κ2) is 7.67. The average molecular weight is 391 g/mol. The van der Waals surface area contributed by atoms with Gasteiger partial charge < -0.3 is 19.6 Å². The van der Waals surface area contributed by atoms with Crippen molar-refractivity contribution in [2.75, 3.05) is 63.2 Å². The molecule has 29 heavy (non-hydrogen) atoms. The molecule has 0 bridgehead atoms. The SMILES string of the molecule is CN1C=Nc2cc(-c3ccc(N4CCN(C)CC4)cc3)nc(N3CCCC3)c2C1. The van der Waals surface area contributed by atoms with Gasteiger partial charge in [0.2, 0.25) is 0 Å². The number of piperazine rings is 1. The molecule has 3 aliphatic rings. The van der Waals surface area contributed by atoms with Crippen LogP contribution in [-0.4, -0.2) is 74.5 Å². The maximum Gasteiger partial charge on any atom is 0.136 e. The fourth-order valence-electron chi connectivity index (χ4n) is 4.51. The monoisotopic (exact) mass is 390 g/mol. The molecule has 6 nitrogen and oxygen atoms in total. The molecule has 0 unspecified atom stereocenters. The highest BCUT2D eigenvalue weighted by Crippen LogP contribution is 2.36. The van der Waals surface area contributed by atoms with Crippen LogP contribution in [0.1, 0.15) is 18.4 Å². The molecule has 0 atom stereocenters. The van der Waals surface area contributed by atoms with Gasteiger partial charge in [-0.25, -0.2) is 9.98 Å². The quantitative estimate of drug-likeness (QED) is 0.805. The van der Waals surface area contributed by atoms with Crippen LogP contribution in [0.3, 0.4) is 0 Å². The van der Waals surface area contributed by atoms with E-state index >= 15 is 0 Å². The fourth-order valence-corrected chi connectivity index (χ4v) is 4.51. The van der Waals surface area contributed by atoms with Crippen LogP contribution < -0.4 is 9.80 Å². The number of aliphatic imine (C=N–C) groups is 1. The summed E-state index contributed by atoms with van der Waals surface area (Å²) in [6.07, 6.45) is 4.43. The van der Waals surface area contributed by atoms with Crippen LogP contribution in [0.15, 0.2) is 35.3 Å². The average Bonchev–Trinajstić information content (AvgIpc) is 3.28. The van der Waals surface area contributed by atoms with E-state index in [1.54, 1.807) is 0 Å². The van der Waals surface area contributed by atoms with Gasteiger partial charge in [-0.3, -0.25) is 0 Å². The van der Waals surface area contributed by atoms with Crippen LogP contribution >= 0.6 is 0 Å². The lowest BCUT2D eigenvalue weighted by molar-refractivity contribution is 0.313. The minimum atomic E-state index is 0.875. The van der Waals surface area contributed by atoms with Gasteiger partial charge >= 0.3 is 0 Å². The van der Waals surface area contributed by atoms with Crippen molar-refractivity contribution in [1.82, 2.24) is 14.8 Å². The van der Waals surface area contributed by atoms with E-state index < -0.39 is 0 Å². The Labute approximate surface area is 173 Å². The van der Waals surface area contributed by atoms with E-state index in [0.29, 0.717) is 0 Å². The summed E-state index contributed by atoms with van der Waals surface area (Å²) >= 11 is 0. The van der Waals surface area contributed by atoms with Gasteiger partial charge in [-0.05, 0) is 38.1 Å². The van der Waals surface area contributed by atoms with Gasteiger partial charge in [-0.2, -0.15) is 0 Å². The number of likely N-dealkylation sites (N-methyl/N-ethyl adjacent to an activating group) is 1. The first-order valence-electron chi connectivity index (χ1n) is 10.7. The van der Waals surface area contributed by atoms with Crippen LogP contribution in [0.25, 0.3) is 11.3 Å². The van der Waals surface area contributed by atoms with Crippen molar-refractivity contribution in [2.45, 2.75) is 19.4 Å². The highest BCUT2D eigenvalue weighted by atomic mass is 15.2. The molecular weight excluding hydrogens is 360 g/mol. The van der Waals surface area contributed by atoms with Gasteiger partial charge in [0, 0.05) is 69.7 Å². The molecule has 0 radical (unpaired) electrons. The predicted molar refractivity (Wildman–Crippen MR) is 120 cm³/mol. The van der Waals surface area contributed by atoms with Crippen molar-refractivity contribution in [3.63, 3.8) is 0 Å². The van der Waals surface area contributed by atoms with E-state index in [2.05, 4.69) is 64.0 Å². The lowest BCUT2D eigenvalue weighted by Crippen LogP contribution is -2.44. The molecule has 2 saturated heterocycles. The van der Waals surface area contributed by atoms with Gasteiger partial charge in [-0.15, -0.1) is 0 Å². The standard InChI is InChI=1S/C23H30N6/c1-26-11-13-28(14-12-26)19-7-5-18(6-8-19)21-15-22-20(16-27(2)17-24-22)23(25-21)29-9-3-4-10-29/h5-8,15,17H,3-4,9-14,16H2,1-2H3. The van der Waals surface area contributed by atoms with E-state index in [4.69, 9.17) is 9.98 Å². The summed E-state index contributed by atoms with van der Waals surface area (Å²) < 4.78 is 0. The summed E-state index contributed by atoms with van der Waals surface area (Å²) in [5.41, 5.74) is 5.82. The summed E-state index contributed by atoms with van der Waals surface area (Å²) in [5.74, 6) is 1.13. The number of pyridine rings is 1. The topological polar surface area (TPSA) is 38.2 Å². The molecule has 0 spiro atoms. The molecule has 0 saturated carbocycles. The molecule has 0 amide bonds. The van der Waals surface area contributed by atoms with Crippen LogP contribution in [0.4, 0.5) is 17.2 Å². The molecule has 6 heteroatoms. The Bertz CT molecular complexity index is 892. The summed E-state index contributed by atoms with van der Waals surface area (Å²) in [6.45, 7) is 7.50. The lowest BCUT2D eigenvalue weighted by Gasteiger charge is -2.34. The largest absolute Gasteiger partial charge is 0.369 e. The molecule has 1 aromatic carbocycles. The molecular formula is C23H30N6. The smallest absolute Gasteiger partial charge is 0.136 e. The normalized spacial score (nSPS) is 19.7. The van der Waals surface area contributed by atoms with Crippen molar-refractivity contribution >= 4 is 23.5 Å². The fraction of sp³-hybridized carbons (Fsp3) is 0.478. The molecule has 0 N–H and O–H groups in total. The van der Waals surface area contributed by atoms with E-state index in [-0.39, 0.29) is 0 Å². The van der Waals surface area contributed by atoms with Crippen LogP contribution in [0.2, 0.25) is 0 Å². The highest BCUT2D eigenvalue weighted by molar-refractivity contribution is 5.77. The Morgan fingerprint density at radius 2 is 1.55 bits per heavy atom. The number of hydrogen-bond acceptors (Lipinski definition) is 6. The summed E-state index contributed by atoms with van der Waals surface area (Å²) in [4.78, 5) is 19.3. The first kappa shape index (κ1) is 18.4. The third kappa shape index (κ3) is 3.69. The lowest BCUT2D eigenvalue weighted by atomic mass is 10.1. The third-order valence-electron chi connectivity index (χ3n) is 6.32. The number of fused-ring (bicyclic) bond motifs is 1. The van der Waals surface area contributed by atoms with E-state index in [1.807, 2.05) is 6.34 Å². The molecule has 2 fully saturated rings. The molecule has 2 aromatic rings. The molecule has 3 aliphatic heterocycles. The van der Waals surface area contributed by atoms with E-state index in [9.17, 15) is 0 Å². The number of nitrogens with zero attached hydrogens (tertiary/aromatic N) is 6. The zero-order chi connectivity index (χ0) is 19.8. The number of benzene rings is 1. The number of anilines is 2. The summed E-state index contributed by atoms with van der Waals surface area (Å²) in [7, 11) is 4.27. The Hall–Kier alpha value is -2.60. The zero-order valence-electron chi connectivity index (χ0n) is 17.5. The van der Waals surface area contributed by atoms with Gasteiger partial charge in [0.15, 0.2) is 0 Å². The first-order valence-corrected chi connectivity index (χ1v) is 10.7. The molecule has 4 heterocycles. The Morgan fingerprint density at radius 3 is 2.28 bits per heavy atom. The summed E-state index contributed by atoms with van der Waals surface area (Å²) in [5, 5.41) is 0. The van der Waals surface area contributed by atoms with Crippen molar-refractivity contribution in [3.8, 4) is 11.3 Å². The molecule has 152 valence electrons. The second-order valence-corrected chi connectivity index (χ2v) is 8.52. The van der Waals surface area contributed by atoms with Gasteiger partial charge in [0.25, 0.3) is 0 Å². The maximum absolute atomic E-state index is 5.13. The summed E-state index contributed by atoms with van der Waals surface area (Å²) in [6, 6.07) is 11.1. The minimum absolute atomic E-state index is 0.875. The zero-order valence-corrected chi connectivity index (χ0v) is 17.5. The van der Waals surface area contributed by atoms with Gasteiger partial charge in [0.05, 0.1) is 17.7 Å². The minimum Gasteiger partial charge on any atom is -0.369 e. The molecule has 5 rings (SSSR count). The Morgan fingerprint density at radius 1 is 0.828 bits per heavy atom. The number of aromatic nitrogens is 1. The van der Waals surface area contributed by atoms with Crippen LogP contribution in [0, 0.1) is 0 Å². The predicted octanol–water partition coefficient (Wildman–Crippen LogP) is 3.21. The van der Waals surface area contributed by atoms with E-state index in [1.165, 1.54) is 29.7 Å². The van der Waals surface area contributed by atoms with Gasteiger partial charge in [-0.1, -0.05) is 12.1 Å². The maximum atomic E-state index is 5.13. The van der Waals surface area contributed by atoms with Crippen molar-refractivity contribution in [2.24, 2.45) is 4.99 Å². The van der Waals surface area contributed by atoms with Crippen LogP contribution in [0.5, 0.6) is 0 Å². The number of hydrogen-bond donors (Lipinski definition) is 0. The van der Waals surface area contributed by atoms with Crippen molar-refractivity contribution in [1.29, 1.82) is 0 Å². The van der Waals surface area contributed by atoms with Crippen molar-refractivity contribution in [3.05, 3.63) is 35.9 Å². The first-order chi connectivity index (χ1) is 14.2. The Kier molecular flexibility index (Phi) is 4.87.